The fourth-order valence-electron chi connectivity index (χ4n) is 2.44. The van der Waals surface area contributed by atoms with Gasteiger partial charge in [0.2, 0.25) is 0 Å². The largest absolute Gasteiger partial charge is 0.0582 e. The summed E-state index contributed by atoms with van der Waals surface area (Å²) in [5, 5.41) is 0. The molecule has 1 saturated carbocycles. The molecule has 0 saturated heterocycles. The van der Waals surface area contributed by atoms with Crippen LogP contribution in [0.1, 0.15) is 77.0 Å². The van der Waals surface area contributed by atoms with Crippen molar-refractivity contribution in [2.75, 3.05) is 0 Å². The van der Waals surface area contributed by atoms with Crippen LogP contribution in [-0.2, 0) is 10.8 Å². The predicted octanol–water partition coefficient (Wildman–Crippen LogP) is 5.16. The molecule has 0 heteroatoms. The van der Waals surface area contributed by atoms with Crippen molar-refractivity contribution in [3.05, 3.63) is 34.9 Å². The van der Waals surface area contributed by atoms with E-state index in [1.165, 1.54) is 18.4 Å². The molecule has 2 rings (SSSR count). The maximum atomic E-state index is 2.47. The summed E-state index contributed by atoms with van der Waals surface area (Å²) in [6, 6.07) is 7.17. The molecule has 0 amide bonds. The Kier molecular flexibility index (Phi) is 2.88. The third kappa shape index (κ3) is 2.73. The van der Waals surface area contributed by atoms with E-state index >= 15 is 0 Å². The van der Waals surface area contributed by atoms with E-state index in [1.54, 1.807) is 11.1 Å². The van der Waals surface area contributed by atoms with Gasteiger partial charge in [0, 0.05) is 0 Å². The van der Waals surface area contributed by atoms with Crippen molar-refractivity contribution in [2.24, 2.45) is 0 Å². The molecule has 1 aliphatic carbocycles. The van der Waals surface area contributed by atoms with Crippen LogP contribution < -0.4 is 0 Å². The molecular weight excluding hydrogens is 204 g/mol. The molecule has 0 aromatic heterocycles. The summed E-state index contributed by atoms with van der Waals surface area (Å²) in [7, 11) is 0. The van der Waals surface area contributed by atoms with Crippen LogP contribution in [0, 0.1) is 0 Å². The number of benzene rings is 1. The van der Waals surface area contributed by atoms with E-state index in [-0.39, 0.29) is 10.8 Å². The average Bonchev–Trinajstić information content (AvgIpc) is 2.97. The van der Waals surface area contributed by atoms with E-state index < -0.39 is 0 Å². The predicted molar refractivity (Wildman–Crippen MR) is 75.8 cm³/mol. The van der Waals surface area contributed by atoms with Crippen molar-refractivity contribution in [3.8, 4) is 0 Å². The third-order valence-electron chi connectivity index (χ3n) is 3.74. The van der Waals surface area contributed by atoms with Crippen molar-refractivity contribution in [2.45, 2.75) is 71.1 Å². The van der Waals surface area contributed by atoms with Gasteiger partial charge in [-0.25, -0.2) is 0 Å². The normalized spacial score (nSPS) is 17.3. The number of hydrogen-bond donors (Lipinski definition) is 0. The highest BCUT2D eigenvalue weighted by Gasteiger charge is 2.30. The third-order valence-corrected chi connectivity index (χ3v) is 3.74. The Labute approximate surface area is 106 Å². The first kappa shape index (κ1) is 12.7. The van der Waals surface area contributed by atoms with Crippen molar-refractivity contribution in [1.82, 2.24) is 0 Å². The molecular formula is C17H26. The quantitative estimate of drug-likeness (QED) is 0.625. The average molecular weight is 230 g/mol. The van der Waals surface area contributed by atoms with Crippen LogP contribution in [0.4, 0.5) is 0 Å². The minimum absolute atomic E-state index is 0.264. The summed E-state index contributed by atoms with van der Waals surface area (Å²) >= 11 is 0. The summed E-state index contributed by atoms with van der Waals surface area (Å²) in [5.74, 6) is 0.839. The molecule has 1 aromatic rings. The van der Waals surface area contributed by atoms with Gasteiger partial charge in [0.1, 0.15) is 0 Å². The van der Waals surface area contributed by atoms with Gasteiger partial charge in [0.05, 0.1) is 0 Å². The highest BCUT2D eigenvalue weighted by atomic mass is 14.3. The van der Waals surface area contributed by atoms with E-state index in [1.807, 2.05) is 0 Å². The maximum Gasteiger partial charge on any atom is -0.0129 e. The Balaban J connectivity index is 2.49. The second kappa shape index (κ2) is 3.86. The van der Waals surface area contributed by atoms with Crippen LogP contribution >= 0.6 is 0 Å². The van der Waals surface area contributed by atoms with E-state index in [4.69, 9.17) is 0 Å². The lowest BCUT2D eigenvalue weighted by Crippen LogP contribution is -2.17. The maximum absolute atomic E-state index is 2.47. The fourth-order valence-corrected chi connectivity index (χ4v) is 2.44. The van der Waals surface area contributed by atoms with Gasteiger partial charge in [-0.15, -0.1) is 0 Å². The van der Waals surface area contributed by atoms with E-state index in [2.05, 4.69) is 59.7 Å². The summed E-state index contributed by atoms with van der Waals surface area (Å²) in [6.45, 7) is 13.9. The van der Waals surface area contributed by atoms with Gasteiger partial charge in [-0.1, -0.05) is 59.7 Å². The summed E-state index contributed by atoms with van der Waals surface area (Å²) in [6.07, 6.45) is 2.77. The topological polar surface area (TPSA) is 0 Å². The van der Waals surface area contributed by atoms with Gasteiger partial charge in [0.15, 0.2) is 0 Å². The van der Waals surface area contributed by atoms with Crippen LogP contribution in [0.2, 0.25) is 0 Å². The summed E-state index contributed by atoms with van der Waals surface area (Å²) < 4.78 is 0. The molecule has 1 aromatic carbocycles. The van der Waals surface area contributed by atoms with Gasteiger partial charge < -0.3 is 0 Å². The number of hydrogen-bond acceptors (Lipinski definition) is 0. The molecule has 0 atom stereocenters. The lowest BCUT2D eigenvalue weighted by Gasteiger charge is -2.27. The zero-order chi connectivity index (χ0) is 12.8. The molecule has 0 heterocycles. The van der Waals surface area contributed by atoms with Crippen molar-refractivity contribution >= 4 is 0 Å². The molecule has 0 unspecified atom stereocenters. The van der Waals surface area contributed by atoms with Gasteiger partial charge >= 0.3 is 0 Å². The highest BCUT2D eigenvalue weighted by Crippen LogP contribution is 2.45. The van der Waals surface area contributed by atoms with E-state index in [0.29, 0.717) is 0 Å². The Hall–Kier alpha value is -0.780. The van der Waals surface area contributed by atoms with Gasteiger partial charge in [-0.05, 0) is 46.3 Å². The molecule has 0 N–H and O–H groups in total. The summed E-state index contributed by atoms with van der Waals surface area (Å²) in [5.41, 5.74) is 5.18. The SMILES string of the molecule is CC(C)(C)c1ccc(C(C)(C)C)c(C2CC2)c1. The standard InChI is InChI=1S/C17H26/c1-16(2,3)13-9-10-15(17(4,5)6)14(11-13)12-7-8-12/h9-12H,7-8H2,1-6H3. The first-order chi connectivity index (χ1) is 7.69. The zero-order valence-electron chi connectivity index (χ0n) is 12.2. The molecule has 17 heavy (non-hydrogen) atoms. The Morgan fingerprint density at radius 3 is 1.88 bits per heavy atom. The molecule has 1 fully saturated rings. The van der Waals surface area contributed by atoms with E-state index in [9.17, 15) is 0 Å². The van der Waals surface area contributed by atoms with Crippen LogP contribution in [0.25, 0.3) is 0 Å². The Bertz CT molecular complexity index is 409. The van der Waals surface area contributed by atoms with Crippen molar-refractivity contribution in [3.63, 3.8) is 0 Å². The van der Waals surface area contributed by atoms with Crippen LogP contribution in [-0.4, -0.2) is 0 Å². The van der Waals surface area contributed by atoms with Gasteiger partial charge in [-0.3, -0.25) is 0 Å². The zero-order valence-corrected chi connectivity index (χ0v) is 12.2. The summed E-state index contributed by atoms with van der Waals surface area (Å²) in [4.78, 5) is 0. The number of rotatable bonds is 1. The molecule has 0 aliphatic heterocycles. The molecule has 0 bridgehead atoms. The Morgan fingerprint density at radius 1 is 0.882 bits per heavy atom. The molecule has 0 nitrogen and oxygen atoms in total. The monoisotopic (exact) mass is 230 g/mol. The lowest BCUT2D eigenvalue weighted by molar-refractivity contribution is 0.570. The van der Waals surface area contributed by atoms with Crippen LogP contribution in [0.3, 0.4) is 0 Å². The van der Waals surface area contributed by atoms with Crippen LogP contribution in [0.5, 0.6) is 0 Å². The molecule has 94 valence electrons. The smallest absolute Gasteiger partial charge is 0.0129 e. The highest BCUT2D eigenvalue weighted by molar-refractivity contribution is 5.42. The van der Waals surface area contributed by atoms with Crippen LogP contribution in [0.15, 0.2) is 18.2 Å². The van der Waals surface area contributed by atoms with Crippen molar-refractivity contribution in [1.29, 1.82) is 0 Å². The molecule has 1 aliphatic rings. The van der Waals surface area contributed by atoms with E-state index in [0.717, 1.165) is 5.92 Å². The second-order valence-electron chi connectivity index (χ2n) is 7.58. The van der Waals surface area contributed by atoms with Gasteiger partial charge in [0.25, 0.3) is 0 Å². The minimum atomic E-state index is 0.264. The first-order valence-electron chi connectivity index (χ1n) is 6.84. The molecule has 0 spiro atoms. The van der Waals surface area contributed by atoms with Crippen molar-refractivity contribution < 1.29 is 0 Å². The fraction of sp³-hybridized carbons (Fsp3) is 0.647. The molecule has 0 radical (unpaired) electrons. The lowest BCUT2D eigenvalue weighted by atomic mass is 9.78. The Morgan fingerprint density at radius 2 is 1.47 bits per heavy atom. The second-order valence-corrected chi connectivity index (χ2v) is 7.58. The minimum Gasteiger partial charge on any atom is -0.0582 e. The first-order valence-corrected chi connectivity index (χ1v) is 6.84. The van der Waals surface area contributed by atoms with Gasteiger partial charge in [-0.2, -0.15) is 0 Å².